The second-order valence-corrected chi connectivity index (χ2v) is 16.3. The molecule has 7 rings (SSSR count). The van der Waals surface area contributed by atoms with Crippen LogP contribution in [0.15, 0.2) is 4.74 Å². The van der Waals surface area contributed by atoms with Gasteiger partial charge in [0.25, 0.3) is 0 Å². The van der Waals surface area contributed by atoms with Crippen molar-refractivity contribution in [3.63, 3.8) is 0 Å². The normalized spacial score (nSPS) is 38.3. The van der Waals surface area contributed by atoms with Crippen molar-refractivity contribution in [2.45, 2.75) is 108 Å². The van der Waals surface area contributed by atoms with Crippen molar-refractivity contribution in [3.8, 4) is 0 Å². The SMILES string of the molecule is S=C(N=P(N1CCCCC1)(N1CCCCC1)C12CC3CC(CC(C3)C1)C2)N1CCCCCC1. The first-order valence-corrected chi connectivity index (χ1v) is 16.7. The quantitative estimate of drug-likeness (QED) is 0.310. The first-order valence-electron chi connectivity index (χ1n) is 14.6. The predicted octanol–water partition coefficient (Wildman–Crippen LogP) is 7.12. The monoisotopic (exact) mass is 490 g/mol. The predicted molar refractivity (Wildman–Crippen MR) is 144 cm³/mol. The first-order chi connectivity index (χ1) is 16.2. The van der Waals surface area contributed by atoms with Gasteiger partial charge in [-0.25, -0.2) is 4.74 Å². The Bertz CT molecular complexity index is 705. The van der Waals surface area contributed by atoms with Crippen molar-refractivity contribution in [2.24, 2.45) is 22.5 Å². The van der Waals surface area contributed by atoms with Crippen molar-refractivity contribution in [1.29, 1.82) is 0 Å². The standard InChI is InChI=1S/C27H47N4PS/c33-26(29-11-5-1-2-6-12-29)28-32(30-13-7-3-8-14-30,31-15-9-4-10-16-31)27-20-23-17-24(21-27)19-25(18-23)22-27/h23-25H,1-22H2. The van der Waals surface area contributed by atoms with Gasteiger partial charge in [-0.1, -0.05) is 25.7 Å². The molecule has 7 aliphatic rings. The average Bonchev–Trinajstić information content (AvgIpc) is 3.12. The molecule has 0 amide bonds. The van der Waals surface area contributed by atoms with E-state index in [4.69, 9.17) is 17.0 Å². The van der Waals surface area contributed by atoms with Gasteiger partial charge >= 0.3 is 0 Å². The number of piperidine rings is 2. The van der Waals surface area contributed by atoms with Gasteiger partial charge in [-0.15, -0.1) is 0 Å². The molecule has 4 nitrogen and oxygen atoms in total. The van der Waals surface area contributed by atoms with Gasteiger partial charge in [0.05, 0.1) is 0 Å². The fourth-order valence-electron chi connectivity index (χ4n) is 9.20. The lowest BCUT2D eigenvalue weighted by atomic mass is 9.56. The lowest BCUT2D eigenvalue weighted by molar-refractivity contribution is 0.0283. The molecule has 33 heavy (non-hydrogen) atoms. The molecule has 0 aromatic carbocycles. The number of hydrogen-bond acceptors (Lipinski definition) is 1. The smallest absolute Gasteiger partial charge is 0.196 e. The molecule has 7 fully saturated rings. The van der Waals surface area contributed by atoms with Crippen LogP contribution in [0.2, 0.25) is 0 Å². The maximum absolute atomic E-state index is 6.31. The van der Waals surface area contributed by atoms with E-state index >= 15 is 0 Å². The van der Waals surface area contributed by atoms with Crippen LogP contribution in [0.1, 0.15) is 103 Å². The molecule has 3 heterocycles. The molecule has 0 radical (unpaired) electrons. The molecule has 0 N–H and O–H groups in total. The Labute approximate surface area is 208 Å². The second kappa shape index (κ2) is 9.83. The summed E-state index contributed by atoms with van der Waals surface area (Å²) in [6.45, 7) is 7.39. The maximum atomic E-state index is 6.31. The molecular weight excluding hydrogens is 443 g/mol. The van der Waals surface area contributed by atoms with E-state index in [0.29, 0.717) is 5.16 Å². The zero-order chi connectivity index (χ0) is 22.3. The van der Waals surface area contributed by atoms with Crippen LogP contribution in [-0.4, -0.2) is 63.8 Å². The molecule has 0 aromatic heterocycles. The summed E-state index contributed by atoms with van der Waals surface area (Å²) in [5, 5.41) is 1.45. The lowest BCUT2D eigenvalue weighted by Crippen LogP contribution is -2.56. The lowest BCUT2D eigenvalue weighted by Gasteiger charge is -2.65. The summed E-state index contributed by atoms with van der Waals surface area (Å²) >= 11 is 6.31. The van der Waals surface area contributed by atoms with Gasteiger partial charge in [0, 0.05) is 44.4 Å². The highest BCUT2D eigenvalue weighted by Gasteiger charge is 2.61. The highest BCUT2D eigenvalue weighted by atomic mass is 32.1. The maximum Gasteiger partial charge on any atom is 0.196 e. The number of thiocarbonyl (C=S) groups is 1. The zero-order valence-electron chi connectivity index (χ0n) is 20.9. The molecule has 0 atom stereocenters. The first kappa shape index (κ1) is 23.4. The van der Waals surface area contributed by atoms with Gasteiger partial charge < -0.3 is 4.90 Å². The Morgan fingerprint density at radius 3 is 1.45 bits per heavy atom. The minimum Gasteiger partial charge on any atom is -0.347 e. The fourth-order valence-corrected chi connectivity index (χ4v) is 15.3. The summed E-state index contributed by atoms with van der Waals surface area (Å²) in [6.07, 6.45) is 22.6. The van der Waals surface area contributed by atoms with Gasteiger partial charge in [-0.2, -0.15) is 0 Å². The van der Waals surface area contributed by atoms with Gasteiger partial charge in [0.2, 0.25) is 0 Å². The van der Waals surface area contributed by atoms with Gasteiger partial charge in [-0.05, 0) is 107 Å². The van der Waals surface area contributed by atoms with Gasteiger partial charge in [0.15, 0.2) is 5.11 Å². The van der Waals surface area contributed by atoms with Crippen molar-refractivity contribution < 1.29 is 0 Å². The molecule has 0 unspecified atom stereocenters. The largest absolute Gasteiger partial charge is 0.347 e. The summed E-state index contributed by atoms with van der Waals surface area (Å²) in [6, 6.07) is 0. The molecule has 0 spiro atoms. The Morgan fingerprint density at radius 2 is 1.00 bits per heavy atom. The van der Waals surface area contributed by atoms with E-state index in [1.54, 1.807) is 0 Å². The molecule has 4 bridgehead atoms. The molecule has 3 aliphatic heterocycles. The third-order valence-corrected chi connectivity index (χ3v) is 15.3. The second-order valence-electron chi connectivity index (χ2n) is 12.5. The number of likely N-dealkylation sites (tertiary alicyclic amines) is 1. The summed E-state index contributed by atoms with van der Waals surface area (Å²) in [7, 11) is -1.87. The minimum absolute atomic E-state index is 0.437. The van der Waals surface area contributed by atoms with Crippen LogP contribution in [0.3, 0.4) is 0 Å². The molecule has 4 aliphatic carbocycles. The van der Waals surface area contributed by atoms with Crippen LogP contribution in [-0.2, 0) is 0 Å². The van der Waals surface area contributed by atoms with Crippen LogP contribution < -0.4 is 0 Å². The third kappa shape index (κ3) is 4.30. The van der Waals surface area contributed by atoms with E-state index < -0.39 is 7.36 Å². The van der Waals surface area contributed by atoms with Crippen molar-refractivity contribution in [3.05, 3.63) is 0 Å². The zero-order valence-corrected chi connectivity index (χ0v) is 22.6. The Balaban J connectivity index is 1.47. The van der Waals surface area contributed by atoms with Crippen LogP contribution in [0, 0.1) is 17.8 Å². The summed E-state index contributed by atoms with van der Waals surface area (Å²) in [4.78, 5) is 2.53. The van der Waals surface area contributed by atoms with E-state index in [2.05, 4.69) is 14.2 Å². The third-order valence-electron chi connectivity index (χ3n) is 10.2. The molecular formula is C27H47N4PS. The molecule has 4 saturated carbocycles. The highest BCUT2D eigenvalue weighted by Crippen LogP contribution is 2.77. The molecule has 3 saturated heterocycles. The molecule has 0 aromatic rings. The Hall–Kier alpha value is 0.0400. The topological polar surface area (TPSA) is 22.1 Å². The van der Waals surface area contributed by atoms with Crippen LogP contribution in [0.25, 0.3) is 0 Å². The average molecular weight is 491 g/mol. The summed E-state index contributed by atoms with van der Waals surface area (Å²) in [5.74, 6) is 2.94. The summed E-state index contributed by atoms with van der Waals surface area (Å²) < 4.78 is 12.1. The number of nitrogens with zero attached hydrogens (tertiary/aromatic N) is 4. The van der Waals surface area contributed by atoms with E-state index in [0.717, 1.165) is 36.0 Å². The van der Waals surface area contributed by atoms with Crippen LogP contribution in [0.5, 0.6) is 0 Å². The van der Waals surface area contributed by atoms with E-state index in [-0.39, 0.29) is 0 Å². The van der Waals surface area contributed by atoms with Gasteiger partial charge in [-0.3, -0.25) is 9.34 Å². The summed E-state index contributed by atoms with van der Waals surface area (Å²) in [5.41, 5.74) is 0. The fraction of sp³-hybridized carbons (Fsp3) is 0.963. The molecule has 186 valence electrons. The van der Waals surface area contributed by atoms with Crippen molar-refractivity contribution in [1.82, 2.24) is 14.2 Å². The van der Waals surface area contributed by atoms with E-state index in [1.165, 1.54) is 129 Å². The van der Waals surface area contributed by atoms with Crippen molar-refractivity contribution in [2.75, 3.05) is 39.3 Å². The van der Waals surface area contributed by atoms with Gasteiger partial charge in [0.1, 0.15) is 7.36 Å². The number of hydrogen-bond donors (Lipinski definition) is 0. The highest BCUT2D eigenvalue weighted by molar-refractivity contribution is 7.81. The van der Waals surface area contributed by atoms with Crippen LogP contribution >= 0.6 is 19.6 Å². The Morgan fingerprint density at radius 1 is 0.606 bits per heavy atom. The van der Waals surface area contributed by atoms with Crippen LogP contribution in [0.4, 0.5) is 0 Å². The minimum atomic E-state index is -1.87. The Kier molecular flexibility index (Phi) is 6.98. The van der Waals surface area contributed by atoms with E-state index in [9.17, 15) is 0 Å². The number of rotatable bonds is 3. The van der Waals surface area contributed by atoms with E-state index in [1.807, 2.05) is 0 Å². The molecule has 6 heteroatoms. The van der Waals surface area contributed by atoms with Crippen molar-refractivity contribution >= 4 is 24.7 Å².